The smallest absolute Gasteiger partial charge is 0.319 e. The minimum absolute atomic E-state index is 0.0649. The van der Waals surface area contributed by atoms with Crippen LogP contribution in [0.1, 0.15) is 11.7 Å². The molecule has 2 rings (SSSR count). The van der Waals surface area contributed by atoms with Crippen molar-refractivity contribution in [2.24, 2.45) is 7.05 Å². The predicted molar refractivity (Wildman–Crippen MR) is 74.4 cm³/mol. The normalized spacial score (nSPS) is 11.9. The lowest BCUT2D eigenvalue weighted by atomic mass is 10.2. The number of hydrogen-bond acceptors (Lipinski definition) is 4. The molecule has 0 aromatic carbocycles. The number of carbonyl (C=O) groups excluding carboxylic acids is 1. The molecule has 0 aliphatic heterocycles. The molecule has 3 N–H and O–H groups in total. The number of aromatic nitrogens is 3. The molecule has 8 heteroatoms. The lowest BCUT2D eigenvalue weighted by molar-refractivity contribution is 0.175. The Morgan fingerprint density at radius 3 is 3.05 bits per heavy atom. The summed E-state index contributed by atoms with van der Waals surface area (Å²) in [6.07, 6.45) is 3.93. The fourth-order valence-corrected chi connectivity index (χ4v) is 1.73. The minimum atomic E-state index is -0.821. The molecule has 0 aliphatic carbocycles. The van der Waals surface area contributed by atoms with Gasteiger partial charge in [-0.05, 0) is 12.1 Å². The van der Waals surface area contributed by atoms with Gasteiger partial charge < -0.3 is 15.7 Å². The molecule has 1 atom stereocenters. The monoisotopic (exact) mass is 295 g/mol. The van der Waals surface area contributed by atoms with Gasteiger partial charge in [-0.2, -0.15) is 5.10 Å². The van der Waals surface area contributed by atoms with Gasteiger partial charge in [-0.15, -0.1) is 0 Å². The van der Waals surface area contributed by atoms with Crippen molar-refractivity contribution in [3.63, 3.8) is 0 Å². The zero-order chi connectivity index (χ0) is 14.5. The fraction of sp³-hybridized carbons (Fsp3) is 0.250. The van der Waals surface area contributed by atoms with Crippen LogP contribution in [0.5, 0.6) is 0 Å². The Kier molecular flexibility index (Phi) is 4.54. The molecule has 20 heavy (non-hydrogen) atoms. The summed E-state index contributed by atoms with van der Waals surface area (Å²) in [5.74, 6) is 0. The number of aliphatic hydroxyl groups is 1. The second kappa shape index (κ2) is 6.36. The number of anilines is 1. The SMILES string of the molecule is Cn1cc([C@@H](O)CNC(=O)Nc2cccnc2Cl)cn1. The summed E-state index contributed by atoms with van der Waals surface area (Å²) in [5.41, 5.74) is 1.04. The number of aryl methyl sites for hydroxylation is 1. The van der Waals surface area contributed by atoms with Crippen LogP contribution in [0.25, 0.3) is 0 Å². The highest BCUT2D eigenvalue weighted by Crippen LogP contribution is 2.17. The number of urea groups is 1. The van der Waals surface area contributed by atoms with E-state index in [0.29, 0.717) is 11.3 Å². The first kappa shape index (κ1) is 14.3. The first-order chi connectivity index (χ1) is 9.56. The molecule has 7 nitrogen and oxygen atoms in total. The van der Waals surface area contributed by atoms with E-state index in [0.717, 1.165) is 0 Å². The Morgan fingerprint density at radius 2 is 2.40 bits per heavy atom. The van der Waals surface area contributed by atoms with Gasteiger partial charge in [0.2, 0.25) is 0 Å². The Balaban J connectivity index is 1.85. The average molecular weight is 296 g/mol. The van der Waals surface area contributed by atoms with Crippen LogP contribution in [0.15, 0.2) is 30.7 Å². The van der Waals surface area contributed by atoms with E-state index in [1.54, 1.807) is 36.3 Å². The lowest BCUT2D eigenvalue weighted by Crippen LogP contribution is -2.32. The third-order valence-corrected chi connectivity index (χ3v) is 2.87. The second-order valence-electron chi connectivity index (χ2n) is 4.14. The van der Waals surface area contributed by atoms with Gasteiger partial charge in [-0.1, -0.05) is 11.6 Å². The molecule has 2 aromatic heterocycles. The quantitative estimate of drug-likeness (QED) is 0.742. The molecule has 0 saturated carbocycles. The largest absolute Gasteiger partial charge is 0.386 e. The van der Waals surface area contributed by atoms with E-state index in [1.807, 2.05) is 0 Å². The van der Waals surface area contributed by atoms with Crippen LogP contribution in [0.3, 0.4) is 0 Å². The highest BCUT2D eigenvalue weighted by atomic mass is 35.5. The van der Waals surface area contributed by atoms with Gasteiger partial charge in [0.05, 0.1) is 18.0 Å². The maximum atomic E-state index is 11.7. The van der Waals surface area contributed by atoms with Crippen LogP contribution in [-0.2, 0) is 7.05 Å². The number of amides is 2. The summed E-state index contributed by atoms with van der Waals surface area (Å²) < 4.78 is 1.58. The van der Waals surface area contributed by atoms with Crippen molar-refractivity contribution in [1.29, 1.82) is 0 Å². The Hall–Kier alpha value is -2.12. The first-order valence-electron chi connectivity index (χ1n) is 5.88. The van der Waals surface area contributed by atoms with Gasteiger partial charge in [-0.3, -0.25) is 4.68 Å². The Morgan fingerprint density at radius 1 is 1.60 bits per heavy atom. The lowest BCUT2D eigenvalue weighted by Gasteiger charge is -2.11. The van der Waals surface area contributed by atoms with Crippen LogP contribution in [0.4, 0.5) is 10.5 Å². The van der Waals surface area contributed by atoms with E-state index in [2.05, 4.69) is 20.7 Å². The molecule has 0 saturated heterocycles. The second-order valence-corrected chi connectivity index (χ2v) is 4.50. The van der Waals surface area contributed by atoms with E-state index < -0.39 is 12.1 Å². The molecule has 2 amide bonds. The maximum Gasteiger partial charge on any atom is 0.319 e. The molecule has 0 bridgehead atoms. The van der Waals surface area contributed by atoms with Crippen LogP contribution in [-0.4, -0.2) is 32.4 Å². The zero-order valence-electron chi connectivity index (χ0n) is 10.7. The number of carbonyl (C=O) groups is 1. The third-order valence-electron chi connectivity index (χ3n) is 2.57. The van der Waals surface area contributed by atoms with E-state index >= 15 is 0 Å². The molecule has 2 heterocycles. The molecule has 2 aromatic rings. The predicted octanol–water partition coefficient (Wildman–Crippen LogP) is 1.32. The number of nitrogens with one attached hydrogen (secondary N) is 2. The molecule has 0 aliphatic rings. The van der Waals surface area contributed by atoms with Gasteiger partial charge in [-0.25, -0.2) is 9.78 Å². The van der Waals surface area contributed by atoms with Crippen molar-refractivity contribution in [3.05, 3.63) is 41.4 Å². The Labute approximate surface area is 120 Å². The molecule has 0 spiro atoms. The van der Waals surface area contributed by atoms with E-state index in [9.17, 15) is 9.90 Å². The van der Waals surface area contributed by atoms with Crippen molar-refractivity contribution in [3.8, 4) is 0 Å². The van der Waals surface area contributed by atoms with Crippen LogP contribution >= 0.6 is 11.6 Å². The van der Waals surface area contributed by atoms with E-state index in [1.165, 1.54) is 6.20 Å². The minimum Gasteiger partial charge on any atom is -0.386 e. The van der Waals surface area contributed by atoms with Gasteiger partial charge in [0.25, 0.3) is 0 Å². The summed E-state index contributed by atoms with van der Waals surface area (Å²) in [6, 6.07) is 2.82. The molecule has 0 unspecified atom stereocenters. The summed E-state index contributed by atoms with van der Waals surface area (Å²) in [4.78, 5) is 15.5. The summed E-state index contributed by atoms with van der Waals surface area (Å²) in [7, 11) is 1.75. The van der Waals surface area contributed by atoms with Gasteiger partial charge in [0, 0.05) is 31.5 Å². The number of rotatable bonds is 4. The van der Waals surface area contributed by atoms with Crippen LogP contribution < -0.4 is 10.6 Å². The van der Waals surface area contributed by atoms with Gasteiger partial charge in [0.15, 0.2) is 5.15 Å². The average Bonchev–Trinajstić information content (AvgIpc) is 2.85. The van der Waals surface area contributed by atoms with Crippen LogP contribution in [0, 0.1) is 0 Å². The number of aliphatic hydroxyl groups excluding tert-OH is 1. The standard InChI is InChI=1S/C12H14ClN5O2/c1-18-7-8(5-16-18)10(19)6-15-12(20)17-9-3-2-4-14-11(9)13/h2-5,7,10,19H,6H2,1H3,(H2,15,17,20)/t10-/m0/s1. The highest BCUT2D eigenvalue weighted by Gasteiger charge is 2.12. The van der Waals surface area contributed by atoms with E-state index in [4.69, 9.17) is 11.6 Å². The van der Waals surface area contributed by atoms with Gasteiger partial charge in [0.1, 0.15) is 0 Å². The van der Waals surface area contributed by atoms with Gasteiger partial charge >= 0.3 is 6.03 Å². The number of nitrogens with zero attached hydrogens (tertiary/aromatic N) is 3. The van der Waals surface area contributed by atoms with Crippen molar-refractivity contribution < 1.29 is 9.90 Å². The molecule has 0 radical (unpaired) electrons. The van der Waals surface area contributed by atoms with Crippen molar-refractivity contribution in [1.82, 2.24) is 20.1 Å². The number of hydrogen-bond donors (Lipinski definition) is 3. The van der Waals surface area contributed by atoms with Crippen molar-refractivity contribution in [2.75, 3.05) is 11.9 Å². The number of pyridine rings is 1. The number of halogens is 1. The summed E-state index contributed by atoms with van der Waals surface area (Å²) >= 11 is 5.82. The van der Waals surface area contributed by atoms with Crippen LogP contribution in [0.2, 0.25) is 5.15 Å². The topological polar surface area (TPSA) is 92.1 Å². The molecular weight excluding hydrogens is 282 g/mol. The first-order valence-corrected chi connectivity index (χ1v) is 6.26. The van der Waals surface area contributed by atoms with E-state index in [-0.39, 0.29) is 11.7 Å². The summed E-state index contributed by atoms with van der Waals surface area (Å²) in [6.45, 7) is 0.0649. The fourth-order valence-electron chi connectivity index (χ4n) is 1.57. The van der Waals surface area contributed by atoms with Crippen molar-refractivity contribution in [2.45, 2.75) is 6.10 Å². The molecular formula is C12H14ClN5O2. The highest BCUT2D eigenvalue weighted by molar-refractivity contribution is 6.32. The summed E-state index contributed by atoms with van der Waals surface area (Å²) in [5, 5.41) is 19.1. The molecule has 0 fully saturated rings. The Bertz CT molecular complexity index is 601. The molecule has 106 valence electrons. The third kappa shape index (κ3) is 3.69. The maximum absolute atomic E-state index is 11.7. The zero-order valence-corrected chi connectivity index (χ0v) is 11.5. The van der Waals surface area contributed by atoms with Crippen molar-refractivity contribution >= 4 is 23.3 Å².